The summed E-state index contributed by atoms with van der Waals surface area (Å²) in [5.41, 5.74) is 1.04. The van der Waals surface area contributed by atoms with E-state index in [9.17, 15) is 4.79 Å². The Balaban J connectivity index is 2.15. The number of hydrogen-bond donors (Lipinski definition) is 1. The van der Waals surface area contributed by atoms with Crippen molar-refractivity contribution in [3.8, 4) is 0 Å². The zero-order valence-corrected chi connectivity index (χ0v) is 9.04. The van der Waals surface area contributed by atoms with Gasteiger partial charge in [0.15, 0.2) is 0 Å². The van der Waals surface area contributed by atoms with Crippen LogP contribution < -0.4 is 0 Å². The molecule has 1 aromatic rings. The van der Waals surface area contributed by atoms with Crippen molar-refractivity contribution in [3.05, 3.63) is 34.9 Å². The molecule has 0 unspecified atom stereocenters. The van der Waals surface area contributed by atoms with Crippen LogP contribution in [0.5, 0.6) is 0 Å². The van der Waals surface area contributed by atoms with Gasteiger partial charge in [0.1, 0.15) is 0 Å². The molecule has 0 saturated carbocycles. The van der Waals surface area contributed by atoms with Gasteiger partial charge in [-0.25, -0.2) is 0 Å². The number of carbonyl (C=O) groups is 1. The summed E-state index contributed by atoms with van der Waals surface area (Å²) < 4.78 is 5.30. The maximum atomic E-state index is 10.2. The minimum absolute atomic E-state index is 0.153. The molecule has 4 heteroatoms. The molecule has 82 valence electrons. The minimum Gasteiger partial charge on any atom is -0.481 e. The fourth-order valence-electron chi connectivity index (χ4n) is 1.10. The molecule has 3 nitrogen and oxygen atoms in total. The lowest BCUT2D eigenvalue weighted by molar-refractivity contribution is -0.137. The molecule has 0 spiro atoms. The Kier molecular flexibility index (Phi) is 5.15. The van der Waals surface area contributed by atoms with Gasteiger partial charge in [-0.1, -0.05) is 23.7 Å². The molecular weight excluding hydrogens is 216 g/mol. The van der Waals surface area contributed by atoms with Gasteiger partial charge in [0.05, 0.1) is 6.61 Å². The summed E-state index contributed by atoms with van der Waals surface area (Å²) in [6, 6.07) is 7.38. The SMILES string of the molecule is O=C(O)CCCOCc1ccc(Cl)cc1. The van der Waals surface area contributed by atoms with Crippen molar-refractivity contribution in [1.82, 2.24) is 0 Å². The molecule has 15 heavy (non-hydrogen) atoms. The number of hydrogen-bond acceptors (Lipinski definition) is 2. The van der Waals surface area contributed by atoms with E-state index < -0.39 is 5.97 Å². The first kappa shape index (κ1) is 12.0. The summed E-state index contributed by atoms with van der Waals surface area (Å²) in [6.45, 7) is 0.964. The van der Waals surface area contributed by atoms with Crippen LogP contribution in [0.4, 0.5) is 0 Å². The molecule has 0 radical (unpaired) electrons. The van der Waals surface area contributed by atoms with Gasteiger partial charge >= 0.3 is 5.97 Å². The van der Waals surface area contributed by atoms with Crippen molar-refractivity contribution in [2.24, 2.45) is 0 Å². The Morgan fingerprint density at radius 2 is 2.00 bits per heavy atom. The zero-order valence-electron chi connectivity index (χ0n) is 8.28. The monoisotopic (exact) mass is 228 g/mol. The van der Waals surface area contributed by atoms with Crippen LogP contribution in [0.3, 0.4) is 0 Å². The highest BCUT2D eigenvalue weighted by Crippen LogP contribution is 2.10. The van der Waals surface area contributed by atoms with Crippen molar-refractivity contribution in [2.45, 2.75) is 19.4 Å². The third-order valence-electron chi connectivity index (χ3n) is 1.86. The summed E-state index contributed by atoms with van der Waals surface area (Å²) in [4.78, 5) is 10.2. The first-order valence-electron chi connectivity index (χ1n) is 4.72. The Hall–Kier alpha value is -1.06. The molecule has 0 atom stereocenters. The normalized spacial score (nSPS) is 10.2. The number of rotatable bonds is 6. The Labute approximate surface area is 93.6 Å². The van der Waals surface area contributed by atoms with E-state index in [1.54, 1.807) is 12.1 Å². The highest BCUT2D eigenvalue weighted by Gasteiger charge is 1.97. The van der Waals surface area contributed by atoms with E-state index in [1.807, 2.05) is 12.1 Å². The summed E-state index contributed by atoms with van der Waals surface area (Å²) in [5, 5.41) is 9.09. The summed E-state index contributed by atoms with van der Waals surface area (Å²) in [7, 11) is 0. The van der Waals surface area contributed by atoms with Crippen molar-refractivity contribution in [1.29, 1.82) is 0 Å². The van der Waals surface area contributed by atoms with Crippen molar-refractivity contribution in [3.63, 3.8) is 0 Å². The molecule has 0 aromatic heterocycles. The van der Waals surface area contributed by atoms with Gasteiger partial charge in [0, 0.05) is 18.1 Å². The van der Waals surface area contributed by atoms with Crippen LogP contribution in [-0.2, 0) is 16.1 Å². The highest BCUT2D eigenvalue weighted by atomic mass is 35.5. The maximum absolute atomic E-state index is 10.2. The van der Waals surface area contributed by atoms with Gasteiger partial charge in [0.2, 0.25) is 0 Å². The molecule has 0 bridgehead atoms. The molecule has 1 N–H and O–H groups in total. The fraction of sp³-hybridized carbons (Fsp3) is 0.364. The number of benzene rings is 1. The lowest BCUT2D eigenvalue weighted by Gasteiger charge is -2.03. The average molecular weight is 229 g/mol. The van der Waals surface area contributed by atoms with Gasteiger partial charge in [-0.15, -0.1) is 0 Å². The van der Waals surface area contributed by atoms with E-state index in [1.165, 1.54) is 0 Å². The third kappa shape index (κ3) is 5.40. The van der Waals surface area contributed by atoms with E-state index >= 15 is 0 Å². The van der Waals surface area contributed by atoms with Gasteiger partial charge in [0.25, 0.3) is 0 Å². The van der Waals surface area contributed by atoms with Crippen LogP contribution in [0.1, 0.15) is 18.4 Å². The second kappa shape index (κ2) is 6.43. The topological polar surface area (TPSA) is 46.5 Å². The molecule has 1 rings (SSSR count). The van der Waals surface area contributed by atoms with E-state index in [0.717, 1.165) is 5.56 Å². The van der Waals surface area contributed by atoms with Crippen LogP contribution >= 0.6 is 11.6 Å². The lowest BCUT2D eigenvalue weighted by Crippen LogP contribution is -2.00. The van der Waals surface area contributed by atoms with Gasteiger partial charge in [-0.05, 0) is 24.1 Å². The molecule has 1 aromatic carbocycles. The Morgan fingerprint density at radius 3 is 2.60 bits per heavy atom. The molecule has 0 aliphatic rings. The standard InChI is InChI=1S/C11H13ClO3/c12-10-5-3-9(4-6-10)8-15-7-1-2-11(13)14/h3-6H,1-2,7-8H2,(H,13,14). The maximum Gasteiger partial charge on any atom is 0.303 e. The highest BCUT2D eigenvalue weighted by molar-refractivity contribution is 6.30. The predicted octanol–water partition coefficient (Wildman–Crippen LogP) is 2.72. The van der Waals surface area contributed by atoms with Crippen LogP contribution in [0.15, 0.2) is 24.3 Å². The number of ether oxygens (including phenoxy) is 1. The summed E-state index contributed by atoms with van der Waals surface area (Å²) in [5.74, 6) is -0.787. The number of aliphatic carboxylic acids is 1. The quantitative estimate of drug-likeness (QED) is 0.762. The molecule has 0 aliphatic carbocycles. The zero-order chi connectivity index (χ0) is 11.1. The minimum atomic E-state index is -0.787. The first-order chi connectivity index (χ1) is 7.18. The second-order valence-electron chi connectivity index (χ2n) is 3.18. The van der Waals surface area contributed by atoms with E-state index in [2.05, 4.69) is 0 Å². The van der Waals surface area contributed by atoms with Crippen molar-refractivity contribution in [2.75, 3.05) is 6.61 Å². The molecule has 0 aliphatic heterocycles. The van der Waals surface area contributed by atoms with Crippen LogP contribution in [0.2, 0.25) is 5.02 Å². The third-order valence-corrected chi connectivity index (χ3v) is 2.11. The van der Waals surface area contributed by atoms with Gasteiger partial charge in [-0.2, -0.15) is 0 Å². The largest absolute Gasteiger partial charge is 0.481 e. The predicted molar refractivity (Wildman–Crippen MR) is 58.0 cm³/mol. The van der Waals surface area contributed by atoms with Crippen molar-refractivity contribution < 1.29 is 14.6 Å². The molecule has 0 amide bonds. The van der Waals surface area contributed by atoms with Gasteiger partial charge < -0.3 is 9.84 Å². The Bertz CT molecular complexity index is 308. The van der Waals surface area contributed by atoms with E-state index in [4.69, 9.17) is 21.4 Å². The molecule has 0 saturated heterocycles. The van der Waals surface area contributed by atoms with E-state index in [0.29, 0.717) is 24.7 Å². The summed E-state index contributed by atoms with van der Waals surface area (Å²) in [6.07, 6.45) is 0.698. The smallest absolute Gasteiger partial charge is 0.303 e. The van der Waals surface area contributed by atoms with Crippen LogP contribution in [0, 0.1) is 0 Å². The number of carboxylic acid groups (broad SMARTS) is 1. The van der Waals surface area contributed by atoms with Crippen molar-refractivity contribution >= 4 is 17.6 Å². The molecule has 0 heterocycles. The average Bonchev–Trinajstić information content (AvgIpc) is 2.20. The second-order valence-corrected chi connectivity index (χ2v) is 3.61. The van der Waals surface area contributed by atoms with Gasteiger partial charge in [-0.3, -0.25) is 4.79 Å². The van der Waals surface area contributed by atoms with Crippen LogP contribution in [0.25, 0.3) is 0 Å². The first-order valence-corrected chi connectivity index (χ1v) is 5.10. The molecular formula is C11H13ClO3. The molecule has 0 fully saturated rings. The number of halogens is 1. The lowest BCUT2D eigenvalue weighted by atomic mass is 10.2. The van der Waals surface area contributed by atoms with E-state index in [-0.39, 0.29) is 6.42 Å². The fourth-order valence-corrected chi connectivity index (χ4v) is 1.22. The number of carboxylic acids is 1. The Morgan fingerprint density at radius 1 is 1.33 bits per heavy atom. The summed E-state index contributed by atoms with van der Waals surface area (Å²) >= 11 is 5.72. The van der Waals surface area contributed by atoms with Crippen LogP contribution in [-0.4, -0.2) is 17.7 Å².